The molecule has 128 valence electrons. The first-order valence-corrected chi connectivity index (χ1v) is 10.4. The number of carbonyl (C=O) groups is 1. The summed E-state index contributed by atoms with van der Waals surface area (Å²) in [6.45, 7) is 1.90. The maximum absolute atomic E-state index is 12.2. The normalized spacial score (nSPS) is 23.2. The van der Waals surface area contributed by atoms with Crippen LogP contribution in [0.4, 0.5) is 0 Å². The third-order valence-electron chi connectivity index (χ3n) is 3.91. The van der Waals surface area contributed by atoms with Gasteiger partial charge in [-0.2, -0.15) is 0 Å². The molecule has 1 amide bonds. The number of hydrogen-bond acceptors (Lipinski definition) is 5. The summed E-state index contributed by atoms with van der Waals surface area (Å²) in [7, 11) is -4.72. The highest BCUT2D eigenvalue weighted by atomic mass is 32.2. The van der Waals surface area contributed by atoms with Gasteiger partial charge in [-0.25, -0.2) is 18.5 Å². The minimum absolute atomic E-state index is 0.0188. The number of amides is 1. The van der Waals surface area contributed by atoms with Gasteiger partial charge in [0.2, 0.25) is 0 Å². The van der Waals surface area contributed by atoms with E-state index >= 15 is 0 Å². The molecule has 9 heteroatoms. The predicted molar refractivity (Wildman–Crippen MR) is 87.8 cm³/mol. The van der Waals surface area contributed by atoms with E-state index in [0.29, 0.717) is 12.2 Å². The minimum Gasteiger partial charge on any atom is -0.349 e. The third-order valence-corrected chi connectivity index (χ3v) is 6.47. The lowest BCUT2D eigenvalue weighted by atomic mass is 9.95. The standard InChI is InChI=1S/C14H21N3O4S2/c1-2-22(19)12-5-3-4-11(8-12)17-14(18)10-6-7-13(16-9-10)23(15,20)21/h6-7,9,11-12H,2-5,8H2,1H3,(H,17,18)(H2,15,20,21). The second kappa shape index (κ2) is 7.50. The van der Waals surface area contributed by atoms with Crippen molar-refractivity contribution in [2.75, 3.05) is 5.75 Å². The molecule has 3 N–H and O–H groups in total. The molecule has 7 nitrogen and oxygen atoms in total. The SMILES string of the molecule is CCS(=O)C1CCCC(NC(=O)c2ccc(S(N)(=O)=O)nc2)C1. The van der Waals surface area contributed by atoms with Crippen molar-refractivity contribution in [2.45, 2.75) is 48.9 Å². The lowest BCUT2D eigenvalue weighted by Crippen LogP contribution is -2.41. The zero-order valence-electron chi connectivity index (χ0n) is 12.9. The monoisotopic (exact) mass is 359 g/mol. The molecule has 3 unspecified atom stereocenters. The Morgan fingerprint density at radius 2 is 2.17 bits per heavy atom. The summed E-state index contributed by atoms with van der Waals surface area (Å²) in [6.07, 6.45) is 4.61. The average molecular weight is 359 g/mol. The Kier molecular flexibility index (Phi) is 5.88. The molecule has 3 atom stereocenters. The Hall–Kier alpha value is -1.32. The Balaban J connectivity index is 2.00. The average Bonchev–Trinajstić information content (AvgIpc) is 2.53. The predicted octanol–water partition coefficient (Wildman–Crippen LogP) is 0.539. The van der Waals surface area contributed by atoms with Crippen LogP contribution < -0.4 is 10.5 Å². The fraction of sp³-hybridized carbons (Fsp3) is 0.571. The van der Waals surface area contributed by atoms with Crippen molar-refractivity contribution in [3.63, 3.8) is 0 Å². The molecular weight excluding hydrogens is 338 g/mol. The topological polar surface area (TPSA) is 119 Å². The van der Waals surface area contributed by atoms with Gasteiger partial charge in [0, 0.05) is 34.0 Å². The number of nitrogens with one attached hydrogen (secondary N) is 1. The van der Waals surface area contributed by atoms with Crippen LogP contribution in [0.15, 0.2) is 23.4 Å². The maximum atomic E-state index is 12.2. The van der Waals surface area contributed by atoms with Gasteiger partial charge in [-0.15, -0.1) is 0 Å². The van der Waals surface area contributed by atoms with E-state index in [1.165, 1.54) is 18.3 Å². The number of nitrogens with two attached hydrogens (primary N) is 1. The van der Waals surface area contributed by atoms with Crippen molar-refractivity contribution in [3.8, 4) is 0 Å². The van der Waals surface area contributed by atoms with Gasteiger partial charge in [0.05, 0.1) is 5.56 Å². The molecule has 1 heterocycles. The van der Waals surface area contributed by atoms with Gasteiger partial charge in [0.25, 0.3) is 15.9 Å². The van der Waals surface area contributed by atoms with Gasteiger partial charge >= 0.3 is 0 Å². The van der Waals surface area contributed by atoms with Crippen LogP contribution in [0.3, 0.4) is 0 Å². The van der Waals surface area contributed by atoms with Crippen molar-refractivity contribution < 1.29 is 17.4 Å². The van der Waals surface area contributed by atoms with E-state index in [9.17, 15) is 17.4 Å². The number of rotatable bonds is 5. The van der Waals surface area contributed by atoms with Gasteiger partial charge in [-0.1, -0.05) is 13.3 Å². The highest BCUT2D eigenvalue weighted by Gasteiger charge is 2.26. The molecule has 0 aliphatic heterocycles. The quantitative estimate of drug-likeness (QED) is 0.795. The van der Waals surface area contributed by atoms with Crippen molar-refractivity contribution in [1.29, 1.82) is 0 Å². The van der Waals surface area contributed by atoms with Crippen molar-refractivity contribution in [3.05, 3.63) is 23.9 Å². The smallest absolute Gasteiger partial charge is 0.255 e. The van der Waals surface area contributed by atoms with E-state index < -0.39 is 20.8 Å². The van der Waals surface area contributed by atoms with E-state index in [2.05, 4.69) is 10.3 Å². The van der Waals surface area contributed by atoms with Crippen LogP contribution in [0.1, 0.15) is 43.0 Å². The number of pyridine rings is 1. The minimum atomic E-state index is -3.87. The highest BCUT2D eigenvalue weighted by Crippen LogP contribution is 2.23. The lowest BCUT2D eigenvalue weighted by molar-refractivity contribution is 0.0927. The molecule has 1 aliphatic rings. The molecule has 1 fully saturated rings. The zero-order chi connectivity index (χ0) is 17.0. The van der Waals surface area contributed by atoms with Gasteiger partial charge in [-0.3, -0.25) is 9.00 Å². The molecule has 1 saturated carbocycles. The van der Waals surface area contributed by atoms with E-state index in [-0.39, 0.29) is 27.8 Å². The first-order chi connectivity index (χ1) is 10.8. The van der Waals surface area contributed by atoms with E-state index in [1.807, 2.05) is 6.92 Å². The molecular formula is C14H21N3O4S2. The first kappa shape index (κ1) is 18.0. The van der Waals surface area contributed by atoms with Gasteiger partial charge in [0.1, 0.15) is 0 Å². The van der Waals surface area contributed by atoms with E-state index in [1.54, 1.807) is 0 Å². The molecule has 1 aliphatic carbocycles. The van der Waals surface area contributed by atoms with E-state index in [4.69, 9.17) is 5.14 Å². The Bertz CT molecular complexity index is 688. The molecule has 2 rings (SSSR count). The summed E-state index contributed by atoms with van der Waals surface area (Å²) in [5, 5.41) is 7.73. The number of nitrogens with zero attached hydrogens (tertiary/aromatic N) is 1. The van der Waals surface area contributed by atoms with Crippen molar-refractivity contribution in [2.24, 2.45) is 5.14 Å². The number of aromatic nitrogens is 1. The number of primary sulfonamides is 1. The number of hydrogen-bond donors (Lipinski definition) is 2. The van der Waals surface area contributed by atoms with Crippen molar-refractivity contribution >= 4 is 26.7 Å². The summed E-state index contributed by atoms with van der Waals surface area (Å²) in [6, 6.07) is 2.57. The molecule has 23 heavy (non-hydrogen) atoms. The number of carbonyl (C=O) groups excluding carboxylic acids is 1. The van der Waals surface area contributed by atoms with Crippen LogP contribution in [0.2, 0.25) is 0 Å². The summed E-state index contributed by atoms with van der Waals surface area (Å²) in [5.74, 6) is 0.316. The summed E-state index contributed by atoms with van der Waals surface area (Å²) < 4.78 is 34.2. The van der Waals surface area contributed by atoms with Gasteiger partial charge < -0.3 is 5.32 Å². The Labute approximate surface area is 138 Å². The Morgan fingerprint density at radius 1 is 1.43 bits per heavy atom. The van der Waals surface area contributed by atoms with Crippen LogP contribution >= 0.6 is 0 Å². The van der Waals surface area contributed by atoms with Gasteiger partial charge in [0.15, 0.2) is 5.03 Å². The molecule has 1 aromatic rings. The van der Waals surface area contributed by atoms with Crippen molar-refractivity contribution in [1.82, 2.24) is 10.3 Å². The number of sulfonamides is 1. The summed E-state index contributed by atoms with van der Waals surface area (Å²) in [5.41, 5.74) is 0.274. The molecule has 0 saturated heterocycles. The molecule has 0 bridgehead atoms. The van der Waals surface area contributed by atoms with Crippen LogP contribution in [0.5, 0.6) is 0 Å². The second-order valence-corrected chi connectivity index (χ2v) is 9.07. The molecule has 0 radical (unpaired) electrons. The van der Waals surface area contributed by atoms with Crippen LogP contribution in [-0.2, 0) is 20.8 Å². The highest BCUT2D eigenvalue weighted by molar-refractivity contribution is 7.89. The van der Waals surface area contributed by atoms with Gasteiger partial charge in [-0.05, 0) is 31.4 Å². The maximum Gasteiger partial charge on any atom is 0.255 e. The van der Waals surface area contributed by atoms with Crippen LogP contribution in [-0.4, -0.2) is 40.6 Å². The fourth-order valence-corrected chi connectivity index (χ4v) is 4.51. The summed E-state index contributed by atoms with van der Waals surface area (Å²) >= 11 is 0. The molecule has 1 aromatic heterocycles. The van der Waals surface area contributed by atoms with Crippen LogP contribution in [0, 0.1) is 0 Å². The lowest BCUT2D eigenvalue weighted by Gasteiger charge is -2.29. The Morgan fingerprint density at radius 3 is 2.74 bits per heavy atom. The largest absolute Gasteiger partial charge is 0.349 e. The fourth-order valence-electron chi connectivity index (χ4n) is 2.70. The summed E-state index contributed by atoms with van der Waals surface area (Å²) in [4.78, 5) is 15.9. The zero-order valence-corrected chi connectivity index (χ0v) is 14.5. The third kappa shape index (κ3) is 4.82. The molecule has 0 spiro atoms. The molecule has 0 aromatic carbocycles. The van der Waals surface area contributed by atoms with Crippen LogP contribution in [0.25, 0.3) is 0 Å². The second-order valence-electron chi connectivity index (χ2n) is 5.56. The first-order valence-electron chi connectivity index (χ1n) is 7.48. The van der Waals surface area contributed by atoms with E-state index in [0.717, 1.165) is 19.3 Å².